The zero-order chi connectivity index (χ0) is 10.7. The van der Waals surface area contributed by atoms with E-state index in [0.717, 1.165) is 18.0 Å². The van der Waals surface area contributed by atoms with E-state index in [1.165, 1.54) is 51.7 Å². The van der Waals surface area contributed by atoms with E-state index in [9.17, 15) is 0 Å². The number of hydrogen-bond donors (Lipinski definition) is 1. The van der Waals surface area contributed by atoms with Gasteiger partial charge in [0.1, 0.15) is 0 Å². The van der Waals surface area contributed by atoms with Crippen molar-refractivity contribution in [1.82, 2.24) is 10.2 Å². The summed E-state index contributed by atoms with van der Waals surface area (Å²) in [5, 5.41) is 3.67. The topological polar surface area (TPSA) is 15.3 Å². The second-order valence-electron chi connectivity index (χ2n) is 5.52. The van der Waals surface area contributed by atoms with E-state index in [0.29, 0.717) is 0 Å². The van der Waals surface area contributed by atoms with Crippen molar-refractivity contribution in [2.24, 2.45) is 5.92 Å². The maximum absolute atomic E-state index is 3.67. The first kappa shape index (κ1) is 11.4. The molecular formula is C13H26N2. The van der Waals surface area contributed by atoms with Crippen molar-refractivity contribution in [3.8, 4) is 0 Å². The molecule has 1 saturated heterocycles. The highest BCUT2D eigenvalue weighted by Gasteiger charge is 2.33. The highest BCUT2D eigenvalue weighted by Crippen LogP contribution is 2.32. The second-order valence-corrected chi connectivity index (χ2v) is 5.52. The lowest BCUT2D eigenvalue weighted by Gasteiger charge is -2.45. The van der Waals surface area contributed by atoms with Gasteiger partial charge in [0.25, 0.3) is 0 Å². The molecule has 0 amide bonds. The van der Waals surface area contributed by atoms with Crippen LogP contribution in [-0.4, -0.2) is 36.6 Å². The van der Waals surface area contributed by atoms with Crippen molar-refractivity contribution in [2.75, 3.05) is 19.6 Å². The molecular weight excluding hydrogens is 184 g/mol. The number of piperidine rings is 1. The molecule has 0 aromatic carbocycles. The van der Waals surface area contributed by atoms with Crippen LogP contribution in [0.5, 0.6) is 0 Å². The highest BCUT2D eigenvalue weighted by molar-refractivity contribution is 4.89. The normalized spacial score (nSPS) is 37.6. The molecule has 2 heteroatoms. The molecule has 2 rings (SSSR count). The molecule has 1 unspecified atom stereocenters. The van der Waals surface area contributed by atoms with Crippen molar-refractivity contribution in [3.63, 3.8) is 0 Å². The lowest BCUT2D eigenvalue weighted by atomic mass is 9.80. The molecule has 15 heavy (non-hydrogen) atoms. The van der Waals surface area contributed by atoms with E-state index in [4.69, 9.17) is 0 Å². The summed E-state index contributed by atoms with van der Waals surface area (Å²) in [6.07, 6.45) is 6.93. The van der Waals surface area contributed by atoms with Crippen LogP contribution in [0.15, 0.2) is 0 Å². The standard InChI is InChI=1S/C13H26N2/c1-3-6-14-12-5-4-7-15(10-12)13-8-11(2)9-13/h11-14H,3-10H2,1-2H3. The van der Waals surface area contributed by atoms with Crippen LogP contribution in [0.2, 0.25) is 0 Å². The number of likely N-dealkylation sites (tertiary alicyclic amines) is 1. The van der Waals surface area contributed by atoms with Crippen molar-refractivity contribution < 1.29 is 0 Å². The minimum absolute atomic E-state index is 0.773. The summed E-state index contributed by atoms with van der Waals surface area (Å²) in [4.78, 5) is 2.73. The number of rotatable bonds is 4. The van der Waals surface area contributed by atoms with Crippen LogP contribution in [-0.2, 0) is 0 Å². The molecule has 1 heterocycles. The van der Waals surface area contributed by atoms with E-state index in [-0.39, 0.29) is 0 Å². The Kier molecular flexibility index (Phi) is 4.04. The van der Waals surface area contributed by atoms with Crippen LogP contribution in [0.3, 0.4) is 0 Å². The van der Waals surface area contributed by atoms with E-state index < -0.39 is 0 Å². The van der Waals surface area contributed by atoms with Gasteiger partial charge in [-0.2, -0.15) is 0 Å². The van der Waals surface area contributed by atoms with Crippen molar-refractivity contribution in [1.29, 1.82) is 0 Å². The molecule has 1 saturated carbocycles. The lowest BCUT2D eigenvalue weighted by molar-refractivity contribution is 0.0567. The first-order valence-electron chi connectivity index (χ1n) is 6.77. The fraction of sp³-hybridized carbons (Fsp3) is 1.00. The fourth-order valence-corrected chi connectivity index (χ4v) is 3.01. The molecule has 1 aliphatic heterocycles. The van der Waals surface area contributed by atoms with E-state index in [1.807, 2.05) is 0 Å². The Morgan fingerprint density at radius 3 is 2.80 bits per heavy atom. The third kappa shape index (κ3) is 2.94. The summed E-state index contributed by atoms with van der Waals surface area (Å²) in [7, 11) is 0. The summed E-state index contributed by atoms with van der Waals surface area (Å²) in [6, 6.07) is 1.70. The third-order valence-electron chi connectivity index (χ3n) is 4.00. The maximum atomic E-state index is 3.67. The van der Waals surface area contributed by atoms with Gasteiger partial charge in [-0.15, -0.1) is 0 Å². The molecule has 1 atom stereocenters. The molecule has 2 aliphatic rings. The summed E-state index contributed by atoms with van der Waals surface area (Å²) < 4.78 is 0. The Morgan fingerprint density at radius 1 is 1.33 bits per heavy atom. The van der Waals surface area contributed by atoms with Gasteiger partial charge < -0.3 is 5.32 Å². The Balaban J connectivity index is 1.72. The summed E-state index contributed by atoms with van der Waals surface area (Å²) >= 11 is 0. The van der Waals surface area contributed by atoms with E-state index in [1.54, 1.807) is 0 Å². The lowest BCUT2D eigenvalue weighted by Crippen LogP contribution is -2.53. The quantitative estimate of drug-likeness (QED) is 0.765. The SMILES string of the molecule is CCCNC1CCCN(C2CC(C)C2)C1. The monoisotopic (exact) mass is 210 g/mol. The average molecular weight is 210 g/mol. The van der Waals surface area contributed by atoms with Crippen LogP contribution < -0.4 is 5.32 Å². The molecule has 2 fully saturated rings. The zero-order valence-electron chi connectivity index (χ0n) is 10.3. The molecule has 2 nitrogen and oxygen atoms in total. The van der Waals surface area contributed by atoms with E-state index >= 15 is 0 Å². The second kappa shape index (κ2) is 5.31. The molecule has 0 bridgehead atoms. The largest absolute Gasteiger partial charge is 0.313 e. The van der Waals surface area contributed by atoms with Gasteiger partial charge >= 0.3 is 0 Å². The first-order chi connectivity index (χ1) is 7.29. The molecule has 1 N–H and O–H groups in total. The average Bonchev–Trinajstić information content (AvgIpc) is 2.22. The van der Waals surface area contributed by atoms with Crippen LogP contribution in [0.1, 0.15) is 46.0 Å². The third-order valence-corrected chi connectivity index (χ3v) is 4.00. The Morgan fingerprint density at radius 2 is 2.13 bits per heavy atom. The predicted octanol–water partition coefficient (Wildman–Crippen LogP) is 2.25. The van der Waals surface area contributed by atoms with Crippen LogP contribution >= 0.6 is 0 Å². The smallest absolute Gasteiger partial charge is 0.0195 e. The van der Waals surface area contributed by atoms with Gasteiger partial charge in [0.05, 0.1) is 0 Å². The van der Waals surface area contributed by atoms with Gasteiger partial charge in [0, 0.05) is 18.6 Å². The molecule has 1 aliphatic carbocycles. The maximum Gasteiger partial charge on any atom is 0.0195 e. The van der Waals surface area contributed by atoms with Crippen molar-refractivity contribution in [2.45, 2.75) is 58.0 Å². The van der Waals surface area contributed by atoms with Gasteiger partial charge in [-0.3, -0.25) is 4.90 Å². The molecule has 88 valence electrons. The molecule has 0 aromatic heterocycles. The first-order valence-corrected chi connectivity index (χ1v) is 6.77. The Labute approximate surface area is 94.4 Å². The van der Waals surface area contributed by atoms with Crippen molar-refractivity contribution in [3.05, 3.63) is 0 Å². The van der Waals surface area contributed by atoms with Crippen LogP contribution in [0.4, 0.5) is 0 Å². The highest BCUT2D eigenvalue weighted by atomic mass is 15.2. The van der Waals surface area contributed by atoms with Gasteiger partial charge in [0.2, 0.25) is 0 Å². The van der Waals surface area contributed by atoms with Gasteiger partial charge in [-0.1, -0.05) is 13.8 Å². The summed E-state index contributed by atoms with van der Waals surface area (Å²) in [6.45, 7) is 8.48. The molecule has 0 radical (unpaired) electrons. The van der Waals surface area contributed by atoms with Gasteiger partial charge in [0.15, 0.2) is 0 Å². The molecule has 0 aromatic rings. The van der Waals surface area contributed by atoms with E-state index in [2.05, 4.69) is 24.1 Å². The predicted molar refractivity (Wildman–Crippen MR) is 65.1 cm³/mol. The molecule has 0 spiro atoms. The number of hydrogen-bond acceptors (Lipinski definition) is 2. The minimum Gasteiger partial charge on any atom is -0.313 e. The van der Waals surface area contributed by atoms with Gasteiger partial charge in [-0.25, -0.2) is 0 Å². The summed E-state index contributed by atoms with van der Waals surface area (Å²) in [5.41, 5.74) is 0. The fourth-order valence-electron chi connectivity index (χ4n) is 3.01. The zero-order valence-corrected chi connectivity index (χ0v) is 10.3. The Hall–Kier alpha value is -0.0800. The minimum atomic E-state index is 0.773. The van der Waals surface area contributed by atoms with Crippen LogP contribution in [0, 0.1) is 5.92 Å². The van der Waals surface area contributed by atoms with Crippen molar-refractivity contribution >= 4 is 0 Å². The number of nitrogens with zero attached hydrogens (tertiary/aromatic N) is 1. The van der Waals surface area contributed by atoms with Crippen LogP contribution in [0.25, 0.3) is 0 Å². The van der Waals surface area contributed by atoms with Gasteiger partial charge in [-0.05, 0) is 51.1 Å². The number of nitrogens with one attached hydrogen (secondary N) is 1. The Bertz CT molecular complexity index is 187. The summed E-state index contributed by atoms with van der Waals surface area (Å²) in [5.74, 6) is 0.985.